The highest BCUT2D eigenvalue weighted by atomic mass is 32.1. The molecule has 0 aliphatic rings. The molecule has 0 unspecified atom stereocenters. The molecule has 5 heteroatoms. The third kappa shape index (κ3) is 3.68. The monoisotopic (exact) mass is 667 g/mol. The van der Waals surface area contributed by atoms with Gasteiger partial charge in [-0.1, -0.05) is 127 Å². The summed E-state index contributed by atoms with van der Waals surface area (Å²) in [6.45, 7) is 0. The lowest BCUT2D eigenvalue weighted by Crippen LogP contribution is -2.03. The largest absolute Gasteiger partial charge is 0.452 e. The van der Waals surface area contributed by atoms with Gasteiger partial charge < -0.3 is 4.42 Å². The molecule has 0 N–H and O–H groups in total. The molecule has 12 rings (SSSR count). The molecule has 12 aromatic rings. The molecule has 51 heavy (non-hydrogen) atoms. The van der Waals surface area contributed by atoms with E-state index in [1.54, 1.807) is 0 Å². The van der Waals surface area contributed by atoms with Gasteiger partial charge in [-0.2, -0.15) is 0 Å². The van der Waals surface area contributed by atoms with Gasteiger partial charge in [-0.3, -0.25) is 4.57 Å². The smallest absolute Gasteiger partial charge is 0.236 e. The van der Waals surface area contributed by atoms with Crippen molar-refractivity contribution in [2.45, 2.75) is 0 Å². The third-order valence-corrected chi connectivity index (χ3v) is 11.7. The zero-order valence-corrected chi connectivity index (χ0v) is 27.9. The number of fused-ring (bicyclic) bond motifs is 16. The molecule has 0 radical (unpaired) electrons. The zero-order valence-electron chi connectivity index (χ0n) is 27.1. The van der Waals surface area contributed by atoms with Gasteiger partial charge in [-0.15, -0.1) is 11.3 Å². The molecule has 0 atom stereocenters. The van der Waals surface area contributed by atoms with Crippen LogP contribution in [0.3, 0.4) is 0 Å². The van der Waals surface area contributed by atoms with Crippen molar-refractivity contribution in [2.75, 3.05) is 0 Å². The first-order chi connectivity index (χ1) is 25.3. The fourth-order valence-corrected chi connectivity index (χ4v) is 9.61. The summed E-state index contributed by atoms with van der Waals surface area (Å²) < 4.78 is 11.5. The van der Waals surface area contributed by atoms with Crippen molar-refractivity contribution in [3.63, 3.8) is 0 Å². The van der Waals surface area contributed by atoms with Crippen molar-refractivity contribution < 1.29 is 4.42 Å². The number of hydrogen-bond donors (Lipinski definition) is 0. The average molecular weight is 668 g/mol. The molecular weight excluding hydrogens is 643 g/mol. The predicted octanol–water partition coefficient (Wildman–Crippen LogP) is 13.0. The van der Waals surface area contributed by atoms with Crippen LogP contribution in [0.1, 0.15) is 0 Å². The fraction of sp³-hybridized carbons (Fsp3) is 0. The maximum Gasteiger partial charge on any atom is 0.236 e. The molecule has 0 aliphatic heterocycles. The van der Waals surface area contributed by atoms with Gasteiger partial charge >= 0.3 is 0 Å². The number of hydrogen-bond acceptors (Lipinski definition) is 4. The second-order valence-corrected chi connectivity index (χ2v) is 14.4. The van der Waals surface area contributed by atoms with Crippen molar-refractivity contribution in [1.29, 1.82) is 0 Å². The molecule has 0 saturated heterocycles. The Morgan fingerprint density at radius 2 is 1.16 bits per heavy atom. The van der Waals surface area contributed by atoms with Crippen LogP contribution in [0, 0.1) is 0 Å². The Labute approximate surface area is 294 Å². The Kier molecular flexibility index (Phi) is 5.35. The van der Waals surface area contributed by atoms with Gasteiger partial charge in [-0.05, 0) is 51.2 Å². The Bertz CT molecular complexity index is 3440. The van der Waals surface area contributed by atoms with Crippen molar-refractivity contribution in [1.82, 2.24) is 14.5 Å². The van der Waals surface area contributed by atoms with Crippen LogP contribution in [0.15, 0.2) is 156 Å². The third-order valence-electron chi connectivity index (χ3n) is 10.6. The molecule has 4 nitrogen and oxygen atoms in total. The van der Waals surface area contributed by atoms with Gasteiger partial charge in [0.25, 0.3) is 0 Å². The van der Waals surface area contributed by atoms with E-state index >= 15 is 0 Å². The summed E-state index contributed by atoms with van der Waals surface area (Å²) in [4.78, 5) is 11.0. The number of thiophene rings is 1. The molecule has 0 saturated carbocycles. The number of nitrogens with zero attached hydrogens (tertiary/aromatic N) is 3. The lowest BCUT2D eigenvalue weighted by atomic mass is 9.98. The Hall–Kier alpha value is -6.56. The minimum Gasteiger partial charge on any atom is -0.452 e. The highest BCUT2D eigenvalue weighted by molar-refractivity contribution is 7.27. The predicted molar refractivity (Wildman–Crippen MR) is 214 cm³/mol. The molecule has 236 valence electrons. The first-order valence-electron chi connectivity index (χ1n) is 17.2. The number of para-hydroxylation sites is 1. The lowest BCUT2D eigenvalue weighted by Gasteiger charge is -2.12. The summed E-state index contributed by atoms with van der Waals surface area (Å²) in [7, 11) is 0. The first kappa shape index (κ1) is 27.3. The summed E-state index contributed by atoms with van der Waals surface area (Å²) in [6, 6.07) is 54.0. The van der Waals surface area contributed by atoms with Crippen LogP contribution in [-0.4, -0.2) is 14.5 Å². The van der Waals surface area contributed by atoms with Crippen LogP contribution >= 0.6 is 11.3 Å². The summed E-state index contributed by atoms with van der Waals surface area (Å²) in [5.41, 5.74) is 6.31. The van der Waals surface area contributed by atoms with Gasteiger partial charge in [0.2, 0.25) is 5.95 Å². The molecule has 0 aliphatic carbocycles. The van der Waals surface area contributed by atoms with Gasteiger partial charge in [-0.25, -0.2) is 9.97 Å². The van der Waals surface area contributed by atoms with E-state index in [9.17, 15) is 0 Å². The molecule has 0 bridgehead atoms. The second-order valence-electron chi connectivity index (χ2n) is 13.3. The fourth-order valence-electron chi connectivity index (χ4n) is 8.35. The summed E-state index contributed by atoms with van der Waals surface area (Å²) >= 11 is 1.85. The highest BCUT2D eigenvalue weighted by Crippen LogP contribution is 2.49. The maximum absolute atomic E-state index is 6.60. The molecule has 4 heterocycles. The molecule has 0 amide bonds. The SMILES string of the molecule is c1ccc2cc(-c3nc(-n4c5c6ccccc6ccc5c5c6ccccc6c6c7ccccc7sc6c54)nc4c3oc3ccccc34)ccc2c1. The Morgan fingerprint density at radius 3 is 2.02 bits per heavy atom. The average Bonchev–Trinajstić information content (AvgIpc) is 3.88. The van der Waals surface area contributed by atoms with E-state index in [2.05, 4.69) is 144 Å². The summed E-state index contributed by atoms with van der Waals surface area (Å²) in [5.74, 6) is 0.627. The zero-order chi connectivity index (χ0) is 33.2. The normalized spacial score (nSPS) is 12.3. The van der Waals surface area contributed by atoms with Crippen LogP contribution in [0.4, 0.5) is 0 Å². The van der Waals surface area contributed by atoms with Crippen LogP contribution in [0.2, 0.25) is 0 Å². The highest BCUT2D eigenvalue weighted by Gasteiger charge is 2.26. The van der Waals surface area contributed by atoms with Crippen LogP contribution in [0.5, 0.6) is 0 Å². The van der Waals surface area contributed by atoms with Crippen LogP contribution in [0.25, 0.3) is 114 Å². The van der Waals surface area contributed by atoms with Gasteiger partial charge in [0.1, 0.15) is 16.8 Å². The van der Waals surface area contributed by atoms with Crippen LogP contribution in [-0.2, 0) is 0 Å². The van der Waals surface area contributed by atoms with Crippen molar-refractivity contribution in [2.24, 2.45) is 0 Å². The number of rotatable bonds is 2. The van der Waals surface area contributed by atoms with Gasteiger partial charge in [0, 0.05) is 42.6 Å². The second kappa shape index (κ2) is 10.0. The first-order valence-corrected chi connectivity index (χ1v) is 18.0. The summed E-state index contributed by atoms with van der Waals surface area (Å²) in [5, 5.41) is 13.1. The standard InChI is InChI=1S/C46H25N3OS/c1-2-13-28-25-29(22-21-26(28)11-1)40-44-41(33-17-7-9-19-36(33)50-44)48-46(47-40)49-42-30-14-4-3-12-27(30)23-24-35(42)38-31-15-5-6-16-32(31)39-34-18-8-10-20-37(34)51-45(39)43(38)49/h1-25H. The number of furan rings is 1. The molecule has 4 aromatic heterocycles. The quantitative estimate of drug-likeness (QED) is 0.184. The van der Waals surface area contributed by atoms with Crippen molar-refractivity contribution >= 4 is 108 Å². The van der Waals surface area contributed by atoms with Gasteiger partial charge in [0.15, 0.2) is 5.58 Å². The minimum absolute atomic E-state index is 0.627. The molecular formula is C46H25N3OS. The lowest BCUT2D eigenvalue weighted by molar-refractivity contribution is 0.666. The Balaban J connectivity index is 1.34. The van der Waals surface area contributed by atoms with E-state index < -0.39 is 0 Å². The number of aromatic nitrogens is 3. The topological polar surface area (TPSA) is 43.9 Å². The molecule has 0 spiro atoms. The van der Waals surface area contributed by atoms with Crippen LogP contribution < -0.4 is 0 Å². The maximum atomic E-state index is 6.60. The minimum atomic E-state index is 0.627. The van der Waals surface area contributed by atoms with E-state index in [1.807, 2.05) is 23.5 Å². The van der Waals surface area contributed by atoms with Gasteiger partial charge in [0.05, 0.1) is 15.7 Å². The molecule has 8 aromatic carbocycles. The van der Waals surface area contributed by atoms with E-state index in [4.69, 9.17) is 14.4 Å². The van der Waals surface area contributed by atoms with Crippen molar-refractivity contribution in [3.8, 4) is 17.2 Å². The van der Waals surface area contributed by atoms with E-state index in [0.29, 0.717) is 11.5 Å². The van der Waals surface area contributed by atoms with Crippen molar-refractivity contribution in [3.05, 3.63) is 152 Å². The summed E-state index contributed by atoms with van der Waals surface area (Å²) in [6.07, 6.45) is 0. The van der Waals surface area contributed by atoms with E-state index in [-0.39, 0.29) is 0 Å². The molecule has 0 fully saturated rings. The number of benzene rings is 8. The van der Waals surface area contributed by atoms with E-state index in [1.165, 1.54) is 52.5 Å². The van der Waals surface area contributed by atoms with E-state index in [0.717, 1.165) is 49.5 Å². The Morgan fingerprint density at radius 1 is 0.490 bits per heavy atom.